The maximum Gasteiger partial charge on any atom is 0.310 e. The summed E-state index contributed by atoms with van der Waals surface area (Å²) in [4.78, 5) is 46.5. The Morgan fingerprint density at radius 1 is 0.870 bits per heavy atom. The molecule has 0 aliphatic heterocycles. The minimum Gasteiger partial charge on any atom is -0.481 e. The molecule has 23 heavy (non-hydrogen) atoms. The van der Waals surface area contributed by atoms with Gasteiger partial charge in [-0.1, -0.05) is 6.92 Å². The van der Waals surface area contributed by atoms with Crippen molar-refractivity contribution in [2.75, 3.05) is 0 Å². The molecule has 2 saturated carbocycles. The molecule has 2 rings (SSSR count). The van der Waals surface area contributed by atoms with Gasteiger partial charge >= 0.3 is 23.9 Å². The minimum absolute atomic E-state index is 0.146. The molecule has 2 aliphatic rings. The molecule has 2 aliphatic carbocycles. The standard InChI is InChI=1S/C15H20O8/c1-5-8(11(18)19)6(10(16)17)4-7-9(5)15(3,13(22)23)14(7,2)12(20)21/h5-9H,4H2,1-3H3,(H,16,17)(H,18,19)(H,20,21)(H,22,23). The highest BCUT2D eigenvalue weighted by Gasteiger charge is 2.78. The Balaban J connectivity index is 2.56. The number of hydrogen-bond donors (Lipinski definition) is 4. The summed E-state index contributed by atoms with van der Waals surface area (Å²) in [5.74, 6) is -9.76. The normalized spacial score (nSPS) is 45.4. The second-order valence-corrected chi connectivity index (χ2v) is 7.05. The quantitative estimate of drug-likeness (QED) is 0.593. The summed E-state index contributed by atoms with van der Waals surface area (Å²) in [6.45, 7) is 4.15. The summed E-state index contributed by atoms with van der Waals surface area (Å²) in [6, 6.07) is 0. The average Bonchev–Trinajstić information content (AvgIpc) is 2.43. The van der Waals surface area contributed by atoms with Crippen LogP contribution in [0.2, 0.25) is 0 Å². The van der Waals surface area contributed by atoms with Gasteiger partial charge in [-0.25, -0.2) is 0 Å². The van der Waals surface area contributed by atoms with E-state index in [1.165, 1.54) is 20.8 Å². The molecule has 0 amide bonds. The van der Waals surface area contributed by atoms with Crippen LogP contribution in [0.25, 0.3) is 0 Å². The molecular formula is C15H20O8. The van der Waals surface area contributed by atoms with E-state index in [1.54, 1.807) is 0 Å². The molecule has 0 spiro atoms. The van der Waals surface area contributed by atoms with E-state index in [0.717, 1.165) is 0 Å². The third-order valence-corrected chi connectivity index (χ3v) is 6.49. The van der Waals surface area contributed by atoms with Crippen molar-refractivity contribution in [3.8, 4) is 0 Å². The van der Waals surface area contributed by atoms with Gasteiger partial charge in [0.15, 0.2) is 0 Å². The SMILES string of the molecule is CC1C(C(=O)O)C(C(=O)O)CC2C1C(C)(C(=O)O)C2(C)C(=O)O. The molecule has 0 bridgehead atoms. The van der Waals surface area contributed by atoms with Crippen LogP contribution in [0.4, 0.5) is 0 Å². The van der Waals surface area contributed by atoms with E-state index in [-0.39, 0.29) is 6.42 Å². The first kappa shape index (κ1) is 17.2. The first-order chi connectivity index (χ1) is 10.4. The average molecular weight is 328 g/mol. The van der Waals surface area contributed by atoms with Crippen molar-refractivity contribution in [1.29, 1.82) is 0 Å². The molecule has 0 aromatic rings. The maximum atomic E-state index is 11.8. The molecule has 128 valence electrons. The molecule has 2 fully saturated rings. The van der Waals surface area contributed by atoms with Gasteiger partial charge in [0.05, 0.1) is 22.7 Å². The third-order valence-electron chi connectivity index (χ3n) is 6.49. The zero-order valence-electron chi connectivity index (χ0n) is 13.0. The van der Waals surface area contributed by atoms with Crippen molar-refractivity contribution >= 4 is 23.9 Å². The molecule has 8 nitrogen and oxygen atoms in total. The summed E-state index contributed by atoms with van der Waals surface area (Å²) in [5.41, 5.74) is -3.27. The van der Waals surface area contributed by atoms with E-state index >= 15 is 0 Å². The number of carboxylic acids is 4. The van der Waals surface area contributed by atoms with Gasteiger partial charge in [0.2, 0.25) is 0 Å². The van der Waals surface area contributed by atoms with Crippen LogP contribution in [0.1, 0.15) is 27.2 Å². The van der Waals surface area contributed by atoms with Gasteiger partial charge in [-0.15, -0.1) is 0 Å². The van der Waals surface area contributed by atoms with Crippen LogP contribution in [-0.4, -0.2) is 44.3 Å². The molecule has 7 unspecified atom stereocenters. The molecule has 7 atom stereocenters. The summed E-state index contributed by atoms with van der Waals surface area (Å²) in [6.07, 6.45) is -0.146. The molecule has 8 heteroatoms. The lowest BCUT2D eigenvalue weighted by molar-refractivity contribution is -0.253. The third kappa shape index (κ3) is 1.83. The Kier molecular flexibility index (Phi) is 3.70. The van der Waals surface area contributed by atoms with E-state index in [1.807, 2.05) is 0 Å². The molecule has 0 aromatic heterocycles. The van der Waals surface area contributed by atoms with Crippen molar-refractivity contribution in [2.24, 2.45) is 40.4 Å². The summed E-state index contributed by atoms with van der Waals surface area (Å²) < 4.78 is 0. The van der Waals surface area contributed by atoms with Crippen molar-refractivity contribution in [2.45, 2.75) is 27.2 Å². The number of aliphatic carboxylic acids is 4. The van der Waals surface area contributed by atoms with E-state index in [0.29, 0.717) is 0 Å². The Labute approximate surface area is 132 Å². The van der Waals surface area contributed by atoms with Crippen LogP contribution in [0.3, 0.4) is 0 Å². The maximum absolute atomic E-state index is 11.8. The Hall–Kier alpha value is -2.12. The zero-order chi connectivity index (χ0) is 17.9. The van der Waals surface area contributed by atoms with Gasteiger partial charge in [-0.3, -0.25) is 19.2 Å². The number of rotatable bonds is 4. The molecule has 0 saturated heterocycles. The van der Waals surface area contributed by atoms with Crippen LogP contribution < -0.4 is 0 Å². The van der Waals surface area contributed by atoms with E-state index in [9.17, 15) is 39.6 Å². The van der Waals surface area contributed by atoms with Crippen LogP contribution in [0.5, 0.6) is 0 Å². The molecular weight excluding hydrogens is 308 g/mol. The number of hydrogen-bond acceptors (Lipinski definition) is 4. The largest absolute Gasteiger partial charge is 0.481 e. The van der Waals surface area contributed by atoms with Crippen molar-refractivity contribution in [1.82, 2.24) is 0 Å². The monoisotopic (exact) mass is 328 g/mol. The summed E-state index contributed by atoms with van der Waals surface area (Å²) in [5, 5.41) is 37.9. The molecule has 0 radical (unpaired) electrons. The highest BCUT2D eigenvalue weighted by molar-refractivity contribution is 5.90. The van der Waals surface area contributed by atoms with Crippen LogP contribution in [0, 0.1) is 40.4 Å². The van der Waals surface area contributed by atoms with Gasteiger partial charge < -0.3 is 20.4 Å². The second kappa shape index (κ2) is 4.94. The number of carboxylic acid groups (broad SMARTS) is 4. The molecule has 0 aromatic carbocycles. The van der Waals surface area contributed by atoms with Gasteiger partial charge in [0.1, 0.15) is 0 Å². The first-order valence-electron chi connectivity index (χ1n) is 7.34. The highest BCUT2D eigenvalue weighted by atomic mass is 16.4. The predicted octanol–water partition coefficient (Wildman–Crippen LogP) is 0.856. The van der Waals surface area contributed by atoms with Gasteiger partial charge in [0, 0.05) is 0 Å². The minimum atomic E-state index is -1.64. The molecule has 0 heterocycles. The van der Waals surface area contributed by atoms with Gasteiger partial charge in [0.25, 0.3) is 0 Å². The lowest BCUT2D eigenvalue weighted by Gasteiger charge is -2.67. The van der Waals surface area contributed by atoms with Crippen molar-refractivity contribution in [3.05, 3.63) is 0 Å². The van der Waals surface area contributed by atoms with Crippen molar-refractivity contribution < 1.29 is 39.6 Å². The van der Waals surface area contributed by atoms with Gasteiger partial charge in [-0.2, -0.15) is 0 Å². The first-order valence-corrected chi connectivity index (χ1v) is 7.34. The van der Waals surface area contributed by atoms with Crippen LogP contribution >= 0.6 is 0 Å². The smallest absolute Gasteiger partial charge is 0.310 e. The van der Waals surface area contributed by atoms with Crippen molar-refractivity contribution in [3.63, 3.8) is 0 Å². The Morgan fingerprint density at radius 2 is 1.35 bits per heavy atom. The fourth-order valence-electron chi connectivity index (χ4n) is 5.08. The van der Waals surface area contributed by atoms with E-state index < -0.39 is 64.3 Å². The number of fused-ring (bicyclic) bond motifs is 1. The van der Waals surface area contributed by atoms with Crippen LogP contribution in [0.15, 0.2) is 0 Å². The van der Waals surface area contributed by atoms with Crippen LogP contribution in [-0.2, 0) is 19.2 Å². The number of carbonyl (C=O) groups is 4. The van der Waals surface area contributed by atoms with Gasteiger partial charge in [-0.05, 0) is 38.0 Å². The second-order valence-electron chi connectivity index (χ2n) is 7.05. The zero-order valence-corrected chi connectivity index (χ0v) is 13.0. The van der Waals surface area contributed by atoms with E-state index in [2.05, 4.69) is 0 Å². The van der Waals surface area contributed by atoms with E-state index in [4.69, 9.17) is 0 Å². The lowest BCUT2D eigenvalue weighted by Crippen LogP contribution is -2.74. The highest BCUT2D eigenvalue weighted by Crippen LogP contribution is 2.71. The topological polar surface area (TPSA) is 149 Å². The fraction of sp³-hybridized carbons (Fsp3) is 0.733. The predicted molar refractivity (Wildman–Crippen MR) is 74.5 cm³/mol. The summed E-state index contributed by atoms with van der Waals surface area (Å²) in [7, 11) is 0. The lowest BCUT2D eigenvalue weighted by atomic mass is 9.33. The fourth-order valence-corrected chi connectivity index (χ4v) is 5.08. The Bertz CT molecular complexity index is 598. The molecule has 4 N–H and O–H groups in total. The summed E-state index contributed by atoms with van der Waals surface area (Å²) >= 11 is 0. The Morgan fingerprint density at radius 3 is 1.70 bits per heavy atom.